The average Bonchev–Trinajstić information content (AvgIpc) is 2.14. The fourth-order valence-corrected chi connectivity index (χ4v) is 1.53. The van der Waals surface area contributed by atoms with Crippen molar-refractivity contribution in [2.75, 3.05) is 0 Å². The van der Waals surface area contributed by atoms with E-state index in [1.165, 1.54) is 12.3 Å². The maximum atomic E-state index is 13.4. The van der Waals surface area contributed by atoms with Crippen molar-refractivity contribution in [2.45, 2.75) is 32.4 Å². The predicted octanol–water partition coefficient (Wildman–Crippen LogP) is 3.02. The molecule has 0 aliphatic heterocycles. The molecule has 0 aromatic heterocycles. The fourth-order valence-electron chi connectivity index (χ4n) is 1.000. The second-order valence-electron chi connectivity index (χ2n) is 4.62. The van der Waals surface area contributed by atoms with Crippen LogP contribution in [-0.4, -0.2) is 15.2 Å². The van der Waals surface area contributed by atoms with Crippen molar-refractivity contribution in [3.05, 3.63) is 35.1 Å². The molecule has 0 radical (unpaired) electrons. The standard InChI is InChI=1S/C12H16FNOS/c1-9-5-6-10(11(13)7-9)8-14-16(15)12(2,3)4/h5-8H,1-4H3/t16-/m0/s1. The van der Waals surface area contributed by atoms with Crippen LogP contribution in [0.3, 0.4) is 0 Å². The van der Waals surface area contributed by atoms with E-state index in [4.69, 9.17) is 0 Å². The Hall–Kier alpha value is -1.03. The first kappa shape index (κ1) is 13.0. The van der Waals surface area contributed by atoms with E-state index in [2.05, 4.69) is 4.40 Å². The van der Waals surface area contributed by atoms with E-state index in [-0.39, 0.29) is 5.82 Å². The van der Waals surface area contributed by atoms with Crippen LogP contribution in [0.25, 0.3) is 0 Å². The Morgan fingerprint density at radius 2 is 2.00 bits per heavy atom. The molecule has 88 valence electrons. The van der Waals surface area contributed by atoms with Crippen molar-refractivity contribution >= 4 is 17.2 Å². The van der Waals surface area contributed by atoms with Gasteiger partial charge in [0.2, 0.25) is 0 Å². The summed E-state index contributed by atoms with van der Waals surface area (Å²) in [5.74, 6) is -0.338. The highest BCUT2D eigenvalue weighted by atomic mass is 32.2. The molecule has 1 aromatic carbocycles. The molecule has 0 amide bonds. The Labute approximate surface area is 98.2 Å². The Balaban J connectivity index is 2.89. The lowest BCUT2D eigenvalue weighted by Crippen LogP contribution is -2.19. The highest BCUT2D eigenvalue weighted by Crippen LogP contribution is 2.13. The first-order valence-electron chi connectivity index (χ1n) is 5.03. The summed E-state index contributed by atoms with van der Waals surface area (Å²) in [5.41, 5.74) is 1.22. The zero-order valence-electron chi connectivity index (χ0n) is 9.95. The number of hydrogen-bond acceptors (Lipinski definition) is 1. The Bertz CT molecular complexity index is 435. The molecule has 0 N–H and O–H groups in total. The molecular weight excluding hydrogens is 225 g/mol. The SMILES string of the molecule is Cc1ccc(C=N[S@@](=O)C(C)(C)C)c(F)c1. The van der Waals surface area contributed by atoms with Crippen LogP contribution in [-0.2, 0) is 11.0 Å². The van der Waals surface area contributed by atoms with Gasteiger partial charge in [0, 0.05) is 11.8 Å². The Morgan fingerprint density at radius 3 is 2.50 bits per heavy atom. The normalized spacial score (nSPS) is 14.3. The number of rotatable bonds is 2. The van der Waals surface area contributed by atoms with Crippen LogP contribution in [0, 0.1) is 12.7 Å². The minimum atomic E-state index is -1.35. The van der Waals surface area contributed by atoms with Crippen LogP contribution in [0.4, 0.5) is 4.39 Å². The second kappa shape index (κ2) is 4.87. The summed E-state index contributed by atoms with van der Waals surface area (Å²) in [6, 6.07) is 4.86. The van der Waals surface area contributed by atoms with Gasteiger partial charge in [-0.25, -0.2) is 8.60 Å². The summed E-state index contributed by atoms with van der Waals surface area (Å²) < 4.78 is 28.5. The molecule has 16 heavy (non-hydrogen) atoms. The summed E-state index contributed by atoms with van der Waals surface area (Å²) in [6.07, 6.45) is 1.33. The Morgan fingerprint density at radius 1 is 1.38 bits per heavy atom. The molecule has 0 aliphatic rings. The molecule has 0 aliphatic carbocycles. The number of halogens is 1. The molecule has 0 spiro atoms. The molecule has 2 nitrogen and oxygen atoms in total. The third-order valence-electron chi connectivity index (χ3n) is 1.97. The summed E-state index contributed by atoms with van der Waals surface area (Å²) in [6.45, 7) is 7.29. The van der Waals surface area contributed by atoms with Crippen molar-refractivity contribution in [3.63, 3.8) is 0 Å². The Kier molecular flexibility index (Phi) is 3.97. The van der Waals surface area contributed by atoms with Gasteiger partial charge in [0.1, 0.15) is 16.8 Å². The van der Waals surface area contributed by atoms with E-state index in [0.717, 1.165) is 5.56 Å². The lowest BCUT2D eigenvalue weighted by molar-refractivity contribution is 0.624. The third kappa shape index (κ3) is 3.52. The maximum Gasteiger partial charge on any atom is 0.144 e. The molecule has 0 bridgehead atoms. The summed E-state index contributed by atoms with van der Waals surface area (Å²) in [7, 11) is -1.35. The number of hydrogen-bond donors (Lipinski definition) is 0. The first-order valence-corrected chi connectivity index (χ1v) is 6.13. The monoisotopic (exact) mass is 241 g/mol. The molecule has 0 fully saturated rings. The van der Waals surface area contributed by atoms with E-state index >= 15 is 0 Å². The van der Waals surface area contributed by atoms with Crippen molar-refractivity contribution < 1.29 is 8.60 Å². The number of benzene rings is 1. The predicted molar refractivity (Wildman–Crippen MR) is 66.6 cm³/mol. The van der Waals surface area contributed by atoms with Gasteiger partial charge < -0.3 is 0 Å². The lowest BCUT2D eigenvalue weighted by Gasteiger charge is -2.12. The van der Waals surface area contributed by atoms with Gasteiger partial charge in [-0.15, -0.1) is 0 Å². The van der Waals surface area contributed by atoms with Gasteiger partial charge in [0.15, 0.2) is 0 Å². The minimum Gasteiger partial charge on any atom is -0.234 e. The molecule has 1 atom stereocenters. The van der Waals surface area contributed by atoms with Gasteiger partial charge in [-0.3, -0.25) is 0 Å². The van der Waals surface area contributed by atoms with Gasteiger partial charge >= 0.3 is 0 Å². The lowest BCUT2D eigenvalue weighted by atomic mass is 10.1. The van der Waals surface area contributed by atoms with Crippen molar-refractivity contribution in [3.8, 4) is 0 Å². The van der Waals surface area contributed by atoms with Crippen molar-refractivity contribution in [1.29, 1.82) is 0 Å². The number of aryl methyl sites for hydroxylation is 1. The molecular formula is C12H16FNOS. The summed E-state index contributed by atoms with van der Waals surface area (Å²) >= 11 is 0. The zero-order valence-corrected chi connectivity index (χ0v) is 10.8. The van der Waals surface area contributed by atoms with Gasteiger partial charge in [-0.2, -0.15) is 4.40 Å². The van der Waals surface area contributed by atoms with Crippen LogP contribution in [0.15, 0.2) is 22.6 Å². The van der Waals surface area contributed by atoms with Crippen LogP contribution in [0.5, 0.6) is 0 Å². The van der Waals surface area contributed by atoms with Crippen LogP contribution in [0.2, 0.25) is 0 Å². The zero-order chi connectivity index (χ0) is 12.3. The van der Waals surface area contributed by atoms with E-state index in [9.17, 15) is 8.60 Å². The minimum absolute atomic E-state index is 0.338. The molecule has 0 saturated heterocycles. The molecule has 0 unspecified atom stereocenters. The fraction of sp³-hybridized carbons (Fsp3) is 0.417. The third-order valence-corrected chi connectivity index (χ3v) is 3.31. The van der Waals surface area contributed by atoms with Gasteiger partial charge in [0.05, 0.1) is 4.75 Å². The van der Waals surface area contributed by atoms with Crippen LogP contribution in [0.1, 0.15) is 31.9 Å². The maximum absolute atomic E-state index is 13.4. The van der Waals surface area contributed by atoms with Gasteiger partial charge in [0.25, 0.3) is 0 Å². The smallest absolute Gasteiger partial charge is 0.144 e. The van der Waals surface area contributed by atoms with E-state index in [1.54, 1.807) is 12.1 Å². The largest absolute Gasteiger partial charge is 0.234 e. The van der Waals surface area contributed by atoms with E-state index in [1.807, 2.05) is 27.7 Å². The number of nitrogens with zero attached hydrogens (tertiary/aromatic N) is 1. The second-order valence-corrected chi connectivity index (χ2v) is 6.55. The summed E-state index contributed by atoms with van der Waals surface area (Å²) in [4.78, 5) is 0. The van der Waals surface area contributed by atoms with Crippen LogP contribution < -0.4 is 0 Å². The van der Waals surface area contributed by atoms with Crippen molar-refractivity contribution in [1.82, 2.24) is 0 Å². The highest BCUT2D eigenvalue weighted by Gasteiger charge is 2.18. The van der Waals surface area contributed by atoms with Crippen molar-refractivity contribution in [2.24, 2.45) is 4.40 Å². The molecule has 1 aromatic rings. The topological polar surface area (TPSA) is 29.4 Å². The quantitative estimate of drug-likeness (QED) is 0.732. The van der Waals surface area contributed by atoms with Gasteiger partial charge in [-0.05, 0) is 39.3 Å². The van der Waals surface area contributed by atoms with Gasteiger partial charge in [-0.1, -0.05) is 12.1 Å². The van der Waals surface area contributed by atoms with E-state index in [0.29, 0.717) is 5.56 Å². The first-order chi connectivity index (χ1) is 7.30. The summed E-state index contributed by atoms with van der Waals surface area (Å²) in [5, 5.41) is 0. The van der Waals surface area contributed by atoms with Crippen LogP contribution >= 0.6 is 0 Å². The molecule has 0 saturated carbocycles. The molecule has 0 heterocycles. The average molecular weight is 241 g/mol. The molecule has 1 rings (SSSR count). The highest BCUT2D eigenvalue weighted by molar-refractivity contribution is 7.85. The molecule has 4 heteroatoms. The van der Waals surface area contributed by atoms with E-state index < -0.39 is 15.7 Å².